The van der Waals surface area contributed by atoms with E-state index in [9.17, 15) is 5.11 Å². The first-order chi connectivity index (χ1) is 4.72. The van der Waals surface area contributed by atoms with Crippen molar-refractivity contribution in [3.8, 4) is 0 Å². The molecule has 0 fully saturated rings. The molecule has 0 bridgehead atoms. The van der Waals surface area contributed by atoms with E-state index in [1.165, 1.54) is 0 Å². The zero-order valence-corrected chi connectivity index (χ0v) is 11.0. The van der Waals surface area contributed by atoms with Gasteiger partial charge < -0.3 is 27.0 Å². The summed E-state index contributed by atoms with van der Waals surface area (Å²) in [6.07, 6.45) is 2.53. The second kappa shape index (κ2) is 5.66. The molecule has 1 aliphatic heterocycles. The second-order valence-electron chi connectivity index (χ2n) is 2.27. The first kappa shape index (κ1) is 14.6. The van der Waals surface area contributed by atoms with Gasteiger partial charge in [-0.2, -0.15) is 0 Å². The average molecular weight is 244 g/mol. The standard InChI is InChI=1S/C7H12O3.ClH.Zn/c1-3-7(4-2)9-5-6(8)10-7;;/h5,8H,3-4H2,1-2H3;1H;/q;;+2/p-2. The molecule has 66 valence electrons. The van der Waals surface area contributed by atoms with Crippen LogP contribution in [0.25, 0.3) is 0 Å². The van der Waals surface area contributed by atoms with Crippen molar-refractivity contribution in [2.45, 2.75) is 32.5 Å². The van der Waals surface area contributed by atoms with Gasteiger partial charge in [-0.05, 0) is 12.8 Å². The predicted molar refractivity (Wildman–Crippen MR) is 33.6 cm³/mol. The van der Waals surface area contributed by atoms with E-state index in [0.29, 0.717) is 12.8 Å². The third-order valence-corrected chi connectivity index (χ3v) is 1.73. The van der Waals surface area contributed by atoms with Crippen LogP contribution in [0, 0.1) is 0 Å². The van der Waals surface area contributed by atoms with Gasteiger partial charge in [-0.3, -0.25) is 0 Å². The molecule has 0 aliphatic carbocycles. The fourth-order valence-electron chi connectivity index (χ4n) is 0.948. The topological polar surface area (TPSA) is 41.5 Å². The molecular weight excluding hydrogens is 233 g/mol. The summed E-state index contributed by atoms with van der Waals surface area (Å²) in [5.41, 5.74) is 0. The fourth-order valence-corrected chi connectivity index (χ4v) is 0.948. The normalized spacial score (nSPS) is 17.7. The van der Waals surface area contributed by atoms with E-state index in [-0.39, 0.29) is 37.8 Å². The molecule has 0 N–H and O–H groups in total. The van der Waals surface area contributed by atoms with E-state index in [2.05, 4.69) is 0 Å². The zero-order valence-electron chi connectivity index (χ0n) is 7.30. The van der Waals surface area contributed by atoms with E-state index in [1.54, 1.807) is 0 Å². The molecule has 0 radical (unpaired) electrons. The van der Waals surface area contributed by atoms with Gasteiger partial charge in [0.2, 0.25) is 0 Å². The molecule has 0 atom stereocenters. The molecule has 0 spiro atoms. The zero-order chi connectivity index (χ0) is 7.61. The summed E-state index contributed by atoms with van der Waals surface area (Å²) in [7, 11) is 0. The Hall–Kier alpha value is 0.0534. The van der Waals surface area contributed by atoms with Gasteiger partial charge in [0.1, 0.15) is 6.26 Å². The third kappa shape index (κ3) is 2.83. The monoisotopic (exact) mass is 242 g/mol. The Labute approximate surface area is 91.3 Å². The molecule has 12 heavy (non-hydrogen) atoms. The molecule has 1 heterocycles. The van der Waals surface area contributed by atoms with Gasteiger partial charge in [0.15, 0.2) is 5.79 Å². The van der Waals surface area contributed by atoms with Crippen molar-refractivity contribution >= 4 is 0 Å². The largest absolute Gasteiger partial charge is 2.00 e. The molecule has 0 aromatic carbocycles. The summed E-state index contributed by atoms with van der Waals surface area (Å²) in [4.78, 5) is 0. The summed E-state index contributed by atoms with van der Waals surface area (Å²) in [6.45, 7) is 3.85. The van der Waals surface area contributed by atoms with Crippen LogP contribution in [0.3, 0.4) is 0 Å². The van der Waals surface area contributed by atoms with E-state index < -0.39 is 5.79 Å². The van der Waals surface area contributed by atoms with Crippen molar-refractivity contribution in [1.82, 2.24) is 0 Å². The molecule has 1 aliphatic rings. The Morgan fingerprint density at radius 3 is 2.08 bits per heavy atom. The summed E-state index contributed by atoms with van der Waals surface area (Å²) < 4.78 is 9.98. The number of hydrogen-bond donors (Lipinski definition) is 0. The van der Waals surface area contributed by atoms with Crippen LogP contribution >= 0.6 is 0 Å². The Bertz CT molecular complexity index is 157. The van der Waals surface area contributed by atoms with Crippen LogP contribution < -0.4 is 17.5 Å². The molecule has 0 aromatic rings. The van der Waals surface area contributed by atoms with Gasteiger partial charge >= 0.3 is 19.5 Å². The van der Waals surface area contributed by atoms with Crippen molar-refractivity contribution in [2.24, 2.45) is 0 Å². The van der Waals surface area contributed by atoms with Crippen LogP contribution in [0.2, 0.25) is 0 Å². The van der Waals surface area contributed by atoms with E-state index in [4.69, 9.17) is 9.47 Å². The van der Waals surface area contributed by atoms with Crippen molar-refractivity contribution < 1.29 is 46.5 Å². The van der Waals surface area contributed by atoms with Crippen LogP contribution in [0.15, 0.2) is 12.2 Å². The van der Waals surface area contributed by atoms with Gasteiger partial charge in [-0.1, -0.05) is 13.8 Å². The molecule has 0 amide bonds. The van der Waals surface area contributed by atoms with Crippen molar-refractivity contribution in [3.05, 3.63) is 12.2 Å². The molecule has 1 rings (SSSR count). The fraction of sp³-hybridized carbons (Fsp3) is 0.714. The minimum Gasteiger partial charge on any atom is -1.00 e. The van der Waals surface area contributed by atoms with Gasteiger partial charge in [0.05, 0.1) is 5.95 Å². The molecule has 0 saturated carbocycles. The van der Waals surface area contributed by atoms with Gasteiger partial charge in [0.25, 0.3) is 0 Å². The first-order valence-corrected chi connectivity index (χ1v) is 3.46. The van der Waals surface area contributed by atoms with Crippen LogP contribution in [0.1, 0.15) is 26.7 Å². The summed E-state index contributed by atoms with van der Waals surface area (Å²) in [5, 5.41) is 10.6. The Morgan fingerprint density at radius 1 is 1.42 bits per heavy atom. The second-order valence-corrected chi connectivity index (χ2v) is 2.27. The van der Waals surface area contributed by atoms with Crippen LogP contribution in [-0.2, 0) is 29.0 Å². The summed E-state index contributed by atoms with van der Waals surface area (Å²) >= 11 is 0. The van der Waals surface area contributed by atoms with E-state index in [1.807, 2.05) is 13.8 Å². The SMILES string of the molecule is CCC1(CC)OC=C([O-])O1.[Cl-].[Zn+2]. The Balaban J connectivity index is 0. The third-order valence-electron chi connectivity index (χ3n) is 1.73. The Morgan fingerprint density at radius 2 is 1.92 bits per heavy atom. The number of ether oxygens (including phenoxy) is 2. The van der Waals surface area contributed by atoms with Gasteiger partial charge in [-0.15, -0.1) is 0 Å². The molecule has 5 heteroatoms. The minimum atomic E-state index is -0.656. The maximum absolute atomic E-state index is 10.6. The Kier molecular flexibility index (Phi) is 6.87. The quantitative estimate of drug-likeness (QED) is 0.513. The molecule has 0 unspecified atom stereocenters. The van der Waals surface area contributed by atoms with Crippen molar-refractivity contribution in [2.75, 3.05) is 0 Å². The maximum Gasteiger partial charge on any atom is 2.00 e. The molecule has 0 aromatic heterocycles. The van der Waals surface area contributed by atoms with Crippen LogP contribution in [0.4, 0.5) is 0 Å². The number of halogens is 1. The van der Waals surface area contributed by atoms with Gasteiger partial charge in [-0.25, -0.2) is 0 Å². The number of rotatable bonds is 2. The van der Waals surface area contributed by atoms with Gasteiger partial charge in [0, 0.05) is 0 Å². The first-order valence-electron chi connectivity index (χ1n) is 3.46. The summed E-state index contributed by atoms with van der Waals surface area (Å²) in [5.74, 6) is -1.03. The van der Waals surface area contributed by atoms with E-state index >= 15 is 0 Å². The van der Waals surface area contributed by atoms with Crippen molar-refractivity contribution in [1.29, 1.82) is 0 Å². The predicted octanol–water partition coefficient (Wildman–Crippen LogP) is -2.29. The summed E-state index contributed by atoms with van der Waals surface area (Å²) in [6, 6.07) is 0. The minimum absolute atomic E-state index is 0. The van der Waals surface area contributed by atoms with Crippen LogP contribution in [0.5, 0.6) is 0 Å². The average Bonchev–Trinajstić information content (AvgIpc) is 2.33. The smallest absolute Gasteiger partial charge is 1.00 e. The molecular formula is C7H11ClO3Zn. The van der Waals surface area contributed by atoms with Crippen molar-refractivity contribution in [3.63, 3.8) is 0 Å². The molecule has 3 nitrogen and oxygen atoms in total. The van der Waals surface area contributed by atoms with E-state index in [0.717, 1.165) is 6.26 Å². The number of hydrogen-bond acceptors (Lipinski definition) is 3. The molecule has 0 saturated heterocycles. The van der Waals surface area contributed by atoms with Crippen LogP contribution in [-0.4, -0.2) is 5.79 Å². The maximum atomic E-state index is 10.6.